The molecule has 0 aliphatic heterocycles. The van der Waals surface area contributed by atoms with Crippen LogP contribution in [0.15, 0.2) is 78.9 Å². The van der Waals surface area contributed by atoms with Gasteiger partial charge in [0.05, 0.1) is 6.61 Å². The number of aliphatic hydroxyl groups excluding tert-OH is 1. The second kappa shape index (κ2) is 8.60. The number of carbonyl (C=O) groups excluding carboxylic acids is 1. The van der Waals surface area contributed by atoms with Gasteiger partial charge in [0.15, 0.2) is 8.80 Å². The van der Waals surface area contributed by atoms with Gasteiger partial charge >= 0.3 is 5.97 Å². The topological polar surface area (TPSA) is 46.5 Å². The predicted octanol–water partition coefficient (Wildman–Crippen LogP) is 1.76. The molecule has 26 heavy (non-hydrogen) atoms. The van der Waals surface area contributed by atoms with Crippen LogP contribution in [0.4, 0.5) is 0 Å². The third-order valence-corrected chi connectivity index (χ3v) is 6.81. The van der Waals surface area contributed by atoms with Crippen molar-refractivity contribution in [3.8, 4) is 0 Å². The summed E-state index contributed by atoms with van der Waals surface area (Å²) in [5.41, 5.74) is 1.89. The molecule has 0 spiro atoms. The Morgan fingerprint density at radius 3 is 2.04 bits per heavy atom. The molecule has 3 aromatic carbocycles. The van der Waals surface area contributed by atoms with Crippen molar-refractivity contribution in [2.45, 2.75) is 20.1 Å². The van der Waals surface area contributed by atoms with E-state index in [2.05, 4.69) is 48.5 Å². The lowest BCUT2D eigenvalue weighted by Crippen LogP contribution is -2.52. The normalized spacial score (nSPS) is 10.7. The second-order valence-electron chi connectivity index (χ2n) is 6.08. The molecule has 0 aliphatic carbocycles. The number of esters is 1. The summed E-state index contributed by atoms with van der Waals surface area (Å²) in [5, 5.41) is 13.2. The Morgan fingerprint density at radius 1 is 0.846 bits per heavy atom. The summed E-state index contributed by atoms with van der Waals surface area (Å²) in [5.74, 6) is -0.278. The molecule has 3 rings (SSSR count). The minimum atomic E-state index is -1.22. The van der Waals surface area contributed by atoms with Crippen molar-refractivity contribution in [2.75, 3.05) is 0 Å². The van der Waals surface area contributed by atoms with Crippen molar-refractivity contribution in [3.63, 3.8) is 0 Å². The zero-order valence-electron chi connectivity index (χ0n) is 14.7. The first-order valence-electron chi connectivity index (χ1n) is 8.52. The van der Waals surface area contributed by atoms with E-state index in [1.165, 1.54) is 22.5 Å². The molecular formula is C22H21O3Si. The average molecular weight is 361 g/mol. The van der Waals surface area contributed by atoms with Crippen LogP contribution in [0, 0.1) is 0 Å². The Labute approximate surface area is 155 Å². The van der Waals surface area contributed by atoms with Crippen molar-refractivity contribution < 1.29 is 14.6 Å². The van der Waals surface area contributed by atoms with E-state index in [0.29, 0.717) is 0 Å². The Balaban J connectivity index is 2.04. The first-order chi connectivity index (χ1) is 12.7. The van der Waals surface area contributed by atoms with Crippen molar-refractivity contribution in [1.82, 2.24) is 0 Å². The molecule has 0 atom stereocenters. The van der Waals surface area contributed by atoms with Gasteiger partial charge in [-0.2, -0.15) is 0 Å². The van der Waals surface area contributed by atoms with Gasteiger partial charge in [0.1, 0.15) is 6.61 Å². The Hall–Kier alpha value is -2.69. The third kappa shape index (κ3) is 4.48. The molecule has 1 radical (unpaired) electrons. The number of rotatable bonds is 6. The van der Waals surface area contributed by atoms with Crippen LogP contribution in [0.5, 0.6) is 0 Å². The summed E-state index contributed by atoms with van der Waals surface area (Å²) < 4.78 is 5.15. The zero-order valence-corrected chi connectivity index (χ0v) is 15.7. The van der Waals surface area contributed by atoms with Crippen molar-refractivity contribution in [3.05, 3.63) is 90.0 Å². The molecule has 131 valence electrons. The van der Waals surface area contributed by atoms with Gasteiger partial charge < -0.3 is 9.84 Å². The van der Waals surface area contributed by atoms with Crippen LogP contribution in [-0.2, 0) is 22.7 Å². The van der Waals surface area contributed by atoms with Gasteiger partial charge in [-0.1, -0.05) is 94.4 Å². The van der Waals surface area contributed by atoms with E-state index < -0.39 is 8.80 Å². The molecule has 0 bridgehead atoms. The van der Waals surface area contributed by atoms with Crippen LogP contribution >= 0.6 is 0 Å². The van der Waals surface area contributed by atoms with E-state index in [9.17, 15) is 9.90 Å². The van der Waals surface area contributed by atoms with Crippen molar-refractivity contribution in [2.24, 2.45) is 0 Å². The van der Waals surface area contributed by atoms with Gasteiger partial charge in [0.2, 0.25) is 0 Å². The van der Waals surface area contributed by atoms with Gasteiger partial charge in [-0.25, -0.2) is 0 Å². The highest BCUT2D eigenvalue weighted by Gasteiger charge is 2.20. The number of ether oxygens (including phenoxy) is 1. The maximum absolute atomic E-state index is 11.1. The summed E-state index contributed by atoms with van der Waals surface area (Å²) in [6.45, 7) is 1.73. The predicted molar refractivity (Wildman–Crippen MR) is 105 cm³/mol. The zero-order chi connectivity index (χ0) is 18.4. The average Bonchev–Trinajstić information content (AvgIpc) is 2.68. The third-order valence-electron chi connectivity index (χ3n) is 4.12. The fraction of sp³-hybridized carbons (Fsp3) is 0.136. The highest BCUT2D eigenvalue weighted by Crippen LogP contribution is 2.04. The van der Waals surface area contributed by atoms with Crippen LogP contribution in [-0.4, -0.2) is 19.9 Å². The summed E-state index contributed by atoms with van der Waals surface area (Å²) >= 11 is 0. The SMILES string of the molecule is CC(=O)OCc1cccc([Si](c2ccccc2)c2cccc(CO)c2)c1. The lowest BCUT2D eigenvalue weighted by Gasteiger charge is -2.18. The first kappa shape index (κ1) is 18.1. The Bertz CT molecular complexity index is 877. The number of benzene rings is 3. The molecule has 0 aliphatic rings. The smallest absolute Gasteiger partial charge is 0.302 e. The summed E-state index contributed by atoms with van der Waals surface area (Å²) in [4.78, 5) is 11.1. The van der Waals surface area contributed by atoms with E-state index >= 15 is 0 Å². The number of hydrogen-bond donors (Lipinski definition) is 1. The summed E-state index contributed by atoms with van der Waals surface area (Å²) in [7, 11) is -1.22. The van der Waals surface area contributed by atoms with E-state index in [1.54, 1.807) is 0 Å². The van der Waals surface area contributed by atoms with Crippen LogP contribution in [0.1, 0.15) is 18.1 Å². The van der Waals surface area contributed by atoms with E-state index in [1.807, 2.05) is 30.3 Å². The van der Waals surface area contributed by atoms with Crippen LogP contribution in [0.25, 0.3) is 0 Å². The van der Waals surface area contributed by atoms with Crippen LogP contribution in [0.3, 0.4) is 0 Å². The molecular weight excluding hydrogens is 340 g/mol. The Kier molecular flexibility index (Phi) is 5.99. The van der Waals surface area contributed by atoms with E-state index in [0.717, 1.165) is 11.1 Å². The lowest BCUT2D eigenvalue weighted by molar-refractivity contribution is -0.142. The molecule has 3 aromatic rings. The molecule has 4 heteroatoms. The van der Waals surface area contributed by atoms with Crippen molar-refractivity contribution >= 4 is 30.3 Å². The molecule has 0 saturated carbocycles. The summed E-state index contributed by atoms with van der Waals surface area (Å²) in [6.07, 6.45) is 0. The lowest BCUT2D eigenvalue weighted by atomic mass is 10.2. The monoisotopic (exact) mass is 361 g/mol. The second-order valence-corrected chi connectivity index (χ2v) is 8.56. The highest BCUT2D eigenvalue weighted by atomic mass is 28.3. The molecule has 0 amide bonds. The van der Waals surface area contributed by atoms with Gasteiger partial charge in [-0.05, 0) is 11.1 Å². The molecule has 0 saturated heterocycles. The van der Waals surface area contributed by atoms with Crippen LogP contribution in [0.2, 0.25) is 0 Å². The minimum Gasteiger partial charge on any atom is -0.461 e. The van der Waals surface area contributed by atoms with Crippen molar-refractivity contribution in [1.29, 1.82) is 0 Å². The molecule has 0 unspecified atom stereocenters. The molecule has 3 nitrogen and oxygen atoms in total. The summed E-state index contributed by atoms with van der Waals surface area (Å²) in [6, 6.07) is 26.8. The largest absolute Gasteiger partial charge is 0.461 e. The van der Waals surface area contributed by atoms with Gasteiger partial charge in [0, 0.05) is 6.92 Å². The first-order valence-corrected chi connectivity index (χ1v) is 10.0. The quantitative estimate of drug-likeness (QED) is 0.413. The molecule has 1 N–H and O–H groups in total. The van der Waals surface area contributed by atoms with Gasteiger partial charge in [-0.3, -0.25) is 4.79 Å². The van der Waals surface area contributed by atoms with Crippen LogP contribution < -0.4 is 15.6 Å². The maximum Gasteiger partial charge on any atom is 0.302 e. The van der Waals surface area contributed by atoms with E-state index in [-0.39, 0.29) is 19.2 Å². The fourth-order valence-corrected chi connectivity index (χ4v) is 5.64. The molecule has 0 fully saturated rings. The molecule has 0 heterocycles. The highest BCUT2D eigenvalue weighted by molar-refractivity contribution is 6.95. The standard InChI is InChI=1S/C22H21O3Si/c1-17(24)25-16-19-8-6-12-22(14-19)26(20-9-3-2-4-10-20)21-11-5-7-18(13-21)15-23/h2-14,23H,15-16H2,1H3. The fourth-order valence-electron chi connectivity index (χ4n) is 2.93. The minimum absolute atomic E-state index is 0.0320. The van der Waals surface area contributed by atoms with E-state index in [4.69, 9.17) is 4.74 Å². The molecule has 0 aromatic heterocycles. The van der Waals surface area contributed by atoms with Gasteiger partial charge in [-0.15, -0.1) is 0 Å². The number of hydrogen-bond acceptors (Lipinski definition) is 3. The Morgan fingerprint density at radius 2 is 1.42 bits per heavy atom. The van der Waals surface area contributed by atoms with Gasteiger partial charge in [0.25, 0.3) is 0 Å². The maximum atomic E-state index is 11.1. The number of aliphatic hydroxyl groups is 1. The number of carbonyl (C=O) groups is 1.